The molecule has 2 heterocycles. The molecule has 3 rings (SSSR count). The molecule has 7 heteroatoms. The SMILES string of the molecule is CCC(CC)N(Cc1ccc2c(c1)OCO2)C(=O)c1cnc(N)nc1C. The van der Waals surface area contributed by atoms with Crippen molar-refractivity contribution in [2.75, 3.05) is 12.5 Å². The van der Waals surface area contributed by atoms with E-state index in [9.17, 15) is 4.79 Å². The summed E-state index contributed by atoms with van der Waals surface area (Å²) in [7, 11) is 0. The first-order valence-corrected chi connectivity index (χ1v) is 8.82. The summed E-state index contributed by atoms with van der Waals surface area (Å²) in [5, 5.41) is 0. The van der Waals surface area contributed by atoms with Gasteiger partial charge in [-0.25, -0.2) is 9.97 Å². The topological polar surface area (TPSA) is 90.6 Å². The molecule has 1 aromatic carbocycles. The fourth-order valence-electron chi connectivity index (χ4n) is 3.18. The summed E-state index contributed by atoms with van der Waals surface area (Å²) in [6.45, 7) is 6.65. The fraction of sp³-hybridized carbons (Fsp3) is 0.421. The van der Waals surface area contributed by atoms with E-state index in [4.69, 9.17) is 15.2 Å². The smallest absolute Gasteiger partial charge is 0.257 e. The molecule has 0 fully saturated rings. The maximum absolute atomic E-state index is 13.2. The zero-order valence-electron chi connectivity index (χ0n) is 15.4. The molecular formula is C19H24N4O3. The molecule has 138 valence electrons. The normalized spacial score (nSPS) is 12.5. The van der Waals surface area contributed by atoms with Crippen molar-refractivity contribution in [3.05, 3.63) is 41.2 Å². The molecule has 2 N–H and O–H groups in total. The Balaban J connectivity index is 1.91. The summed E-state index contributed by atoms with van der Waals surface area (Å²) in [6, 6.07) is 5.88. The Morgan fingerprint density at radius 3 is 2.69 bits per heavy atom. The number of aromatic nitrogens is 2. The number of anilines is 1. The number of aryl methyl sites for hydroxylation is 1. The van der Waals surface area contributed by atoms with Crippen LogP contribution in [0.4, 0.5) is 5.95 Å². The van der Waals surface area contributed by atoms with Gasteiger partial charge in [-0.15, -0.1) is 0 Å². The second-order valence-electron chi connectivity index (χ2n) is 6.32. The van der Waals surface area contributed by atoms with E-state index in [0.29, 0.717) is 23.6 Å². The molecule has 0 saturated heterocycles. The van der Waals surface area contributed by atoms with Gasteiger partial charge in [-0.2, -0.15) is 0 Å². The Bertz CT molecular complexity index is 805. The number of nitrogen functional groups attached to an aromatic ring is 1. The van der Waals surface area contributed by atoms with Gasteiger partial charge in [0.2, 0.25) is 12.7 Å². The Morgan fingerprint density at radius 1 is 1.27 bits per heavy atom. The highest BCUT2D eigenvalue weighted by Crippen LogP contribution is 2.33. The summed E-state index contributed by atoms with van der Waals surface area (Å²) in [6.07, 6.45) is 3.23. The third-order valence-electron chi connectivity index (χ3n) is 4.66. The minimum atomic E-state index is -0.0890. The number of nitrogens with two attached hydrogens (primary N) is 1. The minimum absolute atomic E-state index is 0.0890. The van der Waals surface area contributed by atoms with Crippen LogP contribution in [0, 0.1) is 6.92 Å². The zero-order valence-corrected chi connectivity index (χ0v) is 15.4. The number of rotatable bonds is 6. The van der Waals surface area contributed by atoms with Crippen molar-refractivity contribution in [2.45, 2.75) is 46.2 Å². The Hall–Kier alpha value is -2.83. The first kappa shape index (κ1) is 18.0. The Morgan fingerprint density at radius 2 is 2.00 bits per heavy atom. The van der Waals surface area contributed by atoms with Crippen molar-refractivity contribution in [1.29, 1.82) is 0 Å². The number of amides is 1. The van der Waals surface area contributed by atoms with E-state index in [1.807, 2.05) is 23.1 Å². The molecule has 2 aromatic rings. The number of carbonyl (C=O) groups is 1. The van der Waals surface area contributed by atoms with Crippen molar-refractivity contribution in [1.82, 2.24) is 14.9 Å². The number of fused-ring (bicyclic) bond motifs is 1. The van der Waals surface area contributed by atoms with E-state index in [0.717, 1.165) is 24.2 Å². The van der Waals surface area contributed by atoms with Crippen LogP contribution in [0.5, 0.6) is 11.5 Å². The van der Waals surface area contributed by atoms with Gasteiger partial charge < -0.3 is 20.1 Å². The van der Waals surface area contributed by atoms with Gasteiger partial charge in [-0.1, -0.05) is 19.9 Å². The number of nitrogens with zero attached hydrogens (tertiary/aromatic N) is 3. The summed E-state index contributed by atoms with van der Waals surface area (Å²) in [5.74, 6) is 1.53. The molecule has 1 amide bonds. The number of hydrogen-bond acceptors (Lipinski definition) is 6. The average Bonchev–Trinajstić information content (AvgIpc) is 3.09. The zero-order chi connectivity index (χ0) is 18.7. The second kappa shape index (κ2) is 7.59. The van der Waals surface area contributed by atoms with Crippen molar-refractivity contribution >= 4 is 11.9 Å². The van der Waals surface area contributed by atoms with Gasteiger partial charge >= 0.3 is 0 Å². The van der Waals surface area contributed by atoms with Crippen LogP contribution in [0.15, 0.2) is 24.4 Å². The predicted octanol–water partition coefficient (Wildman–Crippen LogP) is 2.93. The van der Waals surface area contributed by atoms with Crippen LogP contribution >= 0.6 is 0 Å². The summed E-state index contributed by atoms with van der Waals surface area (Å²) < 4.78 is 10.8. The average molecular weight is 356 g/mol. The maximum atomic E-state index is 13.2. The van der Waals surface area contributed by atoms with E-state index in [1.54, 1.807) is 6.92 Å². The third kappa shape index (κ3) is 3.56. The monoisotopic (exact) mass is 356 g/mol. The molecule has 26 heavy (non-hydrogen) atoms. The summed E-state index contributed by atoms with van der Waals surface area (Å²) >= 11 is 0. The van der Waals surface area contributed by atoms with Crippen LogP contribution in [-0.2, 0) is 6.54 Å². The van der Waals surface area contributed by atoms with Crippen molar-refractivity contribution in [3.63, 3.8) is 0 Å². The molecule has 0 bridgehead atoms. The molecule has 0 unspecified atom stereocenters. The first-order chi connectivity index (χ1) is 12.5. The van der Waals surface area contributed by atoms with E-state index < -0.39 is 0 Å². The van der Waals surface area contributed by atoms with Gasteiger partial charge in [0.05, 0.1) is 11.3 Å². The van der Waals surface area contributed by atoms with Crippen LogP contribution in [0.3, 0.4) is 0 Å². The van der Waals surface area contributed by atoms with Crippen LogP contribution < -0.4 is 15.2 Å². The van der Waals surface area contributed by atoms with Gasteiger partial charge in [0.25, 0.3) is 5.91 Å². The molecule has 1 aliphatic heterocycles. The number of ether oxygens (including phenoxy) is 2. The summed E-state index contributed by atoms with van der Waals surface area (Å²) in [5.41, 5.74) is 7.67. The lowest BCUT2D eigenvalue weighted by atomic mass is 10.1. The van der Waals surface area contributed by atoms with Gasteiger partial charge in [-0.05, 0) is 37.5 Å². The second-order valence-corrected chi connectivity index (χ2v) is 6.32. The molecule has 0 atom stereocenters. The van der Waals surface area contributed by atoms with Crippen LogP contribution in [0.1, 0.15) is 48.3 Å². The lowest BCUT2D eigenvalue weighted by Crippen LogP contribution is -2.39. The maximum Gasteiger partial charge on any atom is 0.257 e. The van der Waals surface area contributed by atoms with Gasteiger partial charge in [0, 0.05) is 18.8 Å². The van der Waals surface area contributed by atoms with Crippen LogP contribution in [-0.4, -0.2) is 33.6 Å². The molecule has 1 aliphatic rings. The van der Waals surface area contributed by atoms with Gasteiger partial charge in [0.15, 0.2) is 11.5 Å². The van der Waals surface area contributed by atoms with Gasteiger partial charge in [-0.3, -0.25) is 4.79 Å². The van der Waals surface area contributed by atoms with Crippen molar-refractivity contribution < 1.29 is 14.3 Å². The highest BCUT2D eigenvalue weighted by atomic mass is 16.7. The standard InChI is InChI=1S/C19H24N4O3/c1-4-14(5-2)23(18(24)15-9-21-19(20)22-12(15)3)10-13-6-7-16-17(8-13)26-11-25-16/h6-9,14H,4-5,10-11H2,1-3H3,(H2,20,21,22). The molecular weight excluding hydrogens is 332 g/mol. The molecule has 0 aliphatic carbocycles. The number of hydrogen-bond donors (Lipinski definition) is 1. The first-order valence-electron chi connectivity index (χ1n) is 8.82. The quantitative estimate of drug-likeness (QED) is 0.856. The lowest BCUT2D eigenvalue weighted by Gasteiger charge is -2.31. The van der Waals surface area contributed by atoms with Gasteiger partial charge in [0.1, 0.15) is 0 Å². The number of benzene rings is 1. The molecule has 7 nitrogen and oxygen atoms in total. The Labute approximate surface area is 153 Å². The van der Waals surface area contributed by atoms with Crippen LogP contribution in [0.25, 0.3) is 0 Å². The van der Waals surface area contributed by atoms with E-state index in [1.165, 1.54) is 6.20 Å². The third-order valence-corrected chi connectivity index (χ3v) is 4.66. The van der Waals surface area contributed by atoms with E-state index in [2.05, 4.69) is 23.8 Å². The number of carbonyl (C=O) groups excluding carboxylic acids is 1. The van der Waals surface area contributed by atoms with Crippen LogP contribution in [0.2, 0.25) is 0 Å². The highest BCUT2D eigenvalue weighted by Gasteiger charge is 2.25. The Kier molecular flexibility index (Phi) is 5.25. The highest BCUT2D eigenvalue weighted by molar-refractivity contribution is 5.95. The molecule has 0 saturated carbocycles. The molecule has 1 aromatic heterocycles. The molecule has 0 spiro atoms. The largest absolute Gasteiger partial charge is 0.454 e. The summed E-state index contributed by atoms with van der Waals surface area (Å²) in [4.78, 5) is 23.2. The fourth-order valence-corrected chi connectivity index (χ4v) is 3.18. The van der Waals surface area contributed by atoms with E-state index >= 15 is 0 Å². The minimum Gasteiger partial charge on any atom is -0.454 e. The van der Waals surface area contributed by atoms with Crippen molar-refractivity contribution in [3.8, 4) is 11.5 Å². The predicted molar refractivity (Wildman–Crippen MR) is 98.0 cm³/mol. The van der Waals surface area contributed by atoms with E-state index in [-0.39, 0.29) is 24.7 Å². The molecule has 0 radical (unpaired) electrons. The lowest BCUT2D eigenvalue weighted by molar-refractivity contribution is 0.0647. The van der Waals surface area contributed by atoms with Crippen molar-refractivity contribution in [2.24, 2.45) is 0 Å².